The zero-order valence-electron chi connectivity index (χ0n) is 12.6. The Morgan fingerprint density at radius 1 is 0.824 bits per heavy atom. The fourth-order valence-corrected chi connectivity index (χ4v) is 0.860. The predicted octanol–water partition coefficient (Wildman–Crippen LogP) is 3.42. The Balaban J connectivity index is -0.000000177. The summed E-state index contributed by atoms with van der Waals surface area (Å²) >= 11 is 2.75. The van der Waals surface area contributed by atoms with Crippen molar-refractivity contribution in [3.05, 3.63) is 0 Å². The van der Waals surface area contributed by atoms with Gasteiger partial charge in [0.15, 0.2) is 0 Å². The van der Waals surface area contributed by atoms with Crippen LogP contribution in [0, 0.1) is 11.8 Å². The quantitative estimate of drug-likeness (QED) is 0.567. The van der Waals surface area contributed by atoms with Crippen molar-refractivity contribution < 1.29 is 10.2 Å². The van der Waals surface area contributed by atoms with Crippen LogP contribution in [0.15, 0.2) is 0 Å². The molecule has 2 nitrogen and oxygen atoms in total. The molecule has 0 atom stereocenters. The fraction of sp³-hybridized carbons (Fsp3) is 1.00. The number of aliphatic hydroxyl groups is 2. The first kappa shape index (κ1) is 22.6. The van der Waals surface area contributed by atoms with Gasteiger partial charge in [0.05, 0.1) is 0 Å². The number of hydrogen-bond acceptors (Lipinski definition) is 2. The highest BCUT2D eigenvalue weighted by atomic mass is 27.0. The van der Waals surface area contributed by atoms with Gasteiger partial charge in [-0.25, -0.2) is 0 Å². The van der Waals surface area contributed by atoms with Crippen molar-refractivity contribution in [1.29, 1.82) is 0 Å². The van der Waals surface area contributed by atoms with Gasteiger partial charge in [-0.1, -0.05) is 60.3 Å². The number of rotatable bonds is 6. The van der Waals surface area contributed by atoms with E-state index in [-0.39, 0.29) is 0 Å². The van der Waals surface area contributed by atoms with Crippen LogP contribution in [0.5, 0.6) is 0 Å². The third-order valence-corrected chi connectivity index (χ3v) is 2.20. The molecule has 0 saturated heterocycles. The Labute approximate surface area is 117 Å². The van der Waals surface area contributed by atoms with Gasteiger partial charge in [0, 0.05) is 13.2 Å². The minimum Gasteiger partial charge on any atom is -0.396 e. The molecule has 17 heavy (non-hydrogen) atoms. The molecule has 0 aromatic carbocycles. The van der Waals surface area contributed by atoms with E-state index < -0.39 is 0 Å². The Kier molecular flexibility index (Phi) is 28.9. The summed E-state index contributed by atoms with van der Waals surface area (Å²) < 4.78 is 0. The minimum absolute atomic E-state index is 0.306. The van der Waals surface area contributed by atoms with Crippen LogP contribution >= 0.6 is 0 Å². The fourth-order valence-electron chi connectivity index (χ4n) is 0.571. The Hall–Kier alpha value is 0.452. The number of hydrogen-bond donors (Lipinski definition) is 2. The molecule has 0 rings (SSSR count). The van der Waals surface area contributed by atoms with Crippen LogP contribution in [0.25, 0.3) is 0 Å². The first-order chi connectivity index (χ1) is 7.95. The van der Waals surface area contributed by atoms with E-state index in [9.17, 15) is 0 Å². The van der Waals surface area contributed by atoms with Gasteiger partial charge in [-0.05, 0) is 11.8 Å². The first-order valence-corrected chi connectivity index (χ1v) is 7.69. The van der Waals surface area contributed by atoms with E-state index in [1.165, 1.54) is 31.0 Å². The normalized spacial score (nSPS) is 9.47. The summed E-state index contributed by atoms with van der Waals surface area (Å²) in [5, 5.41) is 17.6. The molecule has 0 aromatic heterocycles. The molecule has 2 radical (unpaired) electrons. The lowest BCUT2D eigenvalue weighted by molar-refractivity contribution is 0.248. The van der Waals surface area contributed by atoms with Gasteiger partial charge >= 0.3 is 0 Å². The van der Waals surface area contributed by atoms with E-state index in [4.69, 9.17) is 10.2 Å². The average Bonchev–Trinajstić information content (AvgIpc) is 2.31. The highest BCUT2D eigenvalue weighted by molar-refractivity contribution is 6.08. The summed E-state index contributed by atoms with van der Waals surface area (Å²) in [4.78, 5) is 0. The maximum absolute atomic E-state index is 8.14. The van der Waals surface area contributed by atoms with Crippen LogP contribution in [-0.2, 0) is 0 Å². The summed E-state index contributed by atoms with van der Waals surface area (Å²) in [7, 11) is 0. The Morgan fingerprint density at radius 3 is 1.35 bits per heavy atom. The molecule has 0 heterocycles. The zero-order chi connectivity index (χ0) is 14.1. The molecule has 0 amide bonds. The molecule has 2 N–H and O–H groups in total. The van der Waals surface area contributed by atoms with E-state index in [0.29, 0.717) is 25.0 Å². The van der Waals surface area contributed by atoms with Crippen LogP contribution < -0.4 is 0 Å². The number of unbranched alkanes of at least 4 members (excludes halogenated alkanes) is 3. The third kappa shape index (κ3) is 48.1. The zero-order valence-corrected chi connectivity index (χ0v) is 13.7. The highest BCUT2D eigenvalue weighted by Crippen LogP contribution is 1.99. The van der Waals surface area contributed by atoms with E-state index in [2.05, 4.69) is 23.2 Å². The molecular weight excluding hydrogens is 227 g/mol. The van der Waals surface area contributed by atoms with Crippen LogP contribution in [0.3, 0.4) is 0 Å². The molecule has 0 aliphatic heterocycles. The molecular formula is C14H33AlO2. The second kappa shape index (κ2) is 21.7. The van der Waals surface area contributed by atoms with Gasteiger partial charge in [-0.15, -0.1) is 5.28 Å². The maximum atomic E-state index is 8.14. The lowest BCUT2D eigenvalue weighted by atomic mass is 10.2. The predicted molar refractivity (Wildman–Crippen MR) is 78.6 cm³/mol. The molecule has 0 bridgehead atoms. The Morgan fingerprint density at radius 2 is 1.18 bits per heavy atom. The van der Waals surface area contributed by atoms with Crippen LogP contribution in [-0.4, -0.2) is 39.7 Å². The topological polar surface area (TPSA) is 40.5 Å². The van der Waals surface area contributed by atoms with E-state index in [1.807, 2.05) is 27.7 Å². The smallest absolute Gasteiger partial charge is 0.118 e. The summed E-state index contributed by atoms with van der Waals surface area (Å²) in [6, 6.07) is 0. The second-order valence-corrected chi connectivity index (χ2v) is 5.58. The van der Waals surface area contributed by atoms with E-state index in [1.54, 1.807) is 0 Å². The van der Waals surface area contributed by atoms with Gasteiger partial charge in [0.25, 0.3) is 0 Å². The molecule has 0 unspecified atom stereocenters. The summed E-state index contributed by atoms with van der Waals surface area (Å²) in [5.74, 6) is 0.880. The van der Waals surface area contributed by atoms with Crippen LogP contribution in [0.1, 0.15) is 60.3 Å². The van der Waals surface area contributed by atoms with E-state index >= 15 is 0 Å². The molecule has 0 saturated carbocycles. The SMILES string of the molecule is CC(C)CO.CC(C)CO.CCCCC[CH2][Al]. The first-order valence-electron chi connectivity index (χ1n) is 6.87. The van der Waals surface area contributed by atoms with Crippen LogP contribution in [0.2, 0.25) is 5.28 Å². The molecule has 0 fully saturated rings. The standard InChI is InChI=1S/C6H13.2C4H10O.Al/c1-3-5-6-4-2;2*1-4(2)3-5;/h1,3-6H2,2H3;2*4-5H,3H2,1-2H3;. The Bertz CT molecular complexity index is 94.4. The van der Waals surface area contributed by atoms with Crippen molar-refractivity contribution in [2.24, 2.45) is 11.8 Å². The lowest BCUT2D eigenvalue weighted by Gasteiger charge is -1.91. The van der Waals surface area contributed by atoms with Crippen molar-refractivity contribution in [3.8, 4) is 0 Å². The second-order valence-electron chi connectivity index (χ2n) is 5.00. The third-order valence-electron chi connectivity index (χ3n) is 1.79. The van der Waals surface area contributed by atoms with Crippen molar-refractivity contribution in [1.82, 2.24) is 0 Å². The van der Waals surface area contributed by atoms with Crippen LogP contribution in [0.4, 0.5) is 0 Å². The van der Waals surface area contributed by atoms with E-state index in [0.717, 1.165) is 0 Å². The van der Waals surface area contributed by atoms with Crippen molar-refractivity contribution in [2.45, 2.75) is 65.6 Å². The van der Waals surface area contributed by atoms with Gasteiger partial charge in [-0.2, -0.15) is 0 Å². The summed E-state index contributed by atoms with van der Waals surface area (Å²) in [6.45, 7) is 10.7. The molecule has 0 aliphatic carbocycles. The van der Waals surface area contributed by atoms with Crippen molar-refractivity contribution >= 4 is 16.3 Å². The largest absolute Gasteiger partial charge is 0.396 e. The van der Waals surface area contributed by atoms with Crippen molar-refractivity contribution in [2.75, 3.05) is 13.2 Å². The van der Waals surface area contributed by atoms with Gasteiger partial charge in [0.1, 0.15) is 16.3 Å². The van der Waals surface area contributed by atoms with Crippen molar-refractivity contribution in [3.63, 3.8) is 0 Å². The maximum Gasteiger partial charge on any atom is 0.118 e. The highest BCUT2D eigenvalue weighted by Gasteiger charge is 1.82. The lowest BCUT2D eigenvalue weighted by Crippen LogP contribution is -1.90. The average molecular weight is 260 g/mol. The summed E-state index contributed by atoms with van der Waals surface area (Å²) in [5.41, 5.74) is 0. The molecule has 104 valence electrons. The van der Waals surface area contributed by atoms with Gasteiger partial charge < -0.3 is 10.2 Å². The van der Waals surface area contributed by atoms with Gasteiger partial charge in [-0.3, -0.25) is 0 Å². The molecule has 0 aromatic rings. The van der Waals surface area contributed by atoms with Gasteiger partial charge in [0.2, 0.25) is 0 Å². The monoisotopic (exact) mass is 260 g/mol. The molecule has 0 spiro atoms. The summed E-state index contributed by atoms with van der Waals surface area (Å²) in [6.07, 6.45) is 5.57. The number of aliphatic hydroxyl groups excluding tert-OH is 2. The molecule has 0 aliphatic rings. The minimum atomic E-state index is 0.306. The molecule has 3 heteroatoms.